The molecule has 1 aromatic carbocycles. The van der Waals surface area contributed by atoms with Gasteiger partial charge in [-0.05, 0) is 36.8 Å². The largest absolute Gasteiger partial charge is 0.492 e. The average Bonchev–Trinajstić information content (AvgIpc) is 2.28. The summed E-state index contributed by atoms with van der Waals surface area (Å²) in [5.74, 6) is 0.699. The minimum atomic E-state index is 0.554. The predicted octanol–water partition coefficient (Wildman–Crippen LogP) is 3.05. The van der Waals surface area contributed by atoms with Gasteiger partial charge in [0.2, 0.25) is 0 Å². The lowest BCUT2D eigenvalue weighted by atomic mass is 10.3. The number of hydrogen-bond donors (Lipinski definition) is 2. The minimum Gasteiger partial charge on any atom is -0.492 e. The van der Waals surface area contributed by atoms with Crippen LogP contribution in [0.25, 0.3) is 0 Å². The van der Waals surface area contributed by atoms with Crippen LogP contribution in [0.4, 0.5) is 5.69 Å². The standard InChI is InChI=1S/C11H15ClN2OS/c1-3-6-15-10-5-4-8(7-9(10)12)14-11(16)13-2/h4-5,7H,3,6H2,1-2H3,(H2,13,14,16). The number of thiocarbonyl (C=S) groups is 1. The van der Waals surface area contributed by atoms with Crippen molar-refractivity contribution >= 4 is 34.6 Å². The SMILES string of the molecule is CCCOc1ccc(NC(=S)NC)cc1Cl. The van der Waals surface area contributed by atoms with Crippen LogP contribution in [0, 0.1) is 0 Å². The van der Waals surface area contributed by atoms with Crippen molar-refractivity contribution in [2.75, 3.05) is 19.0 Å². The van der Waals surface area contributed by atoms with Gasteiger partial charge >= 0.3 is 0 Å². The number of benzene rings is 1. The molecule has 16 heavy (non-hydrogen) atoms. The number of ether oxygens (including phenoxy) is 1. The summed E-state index contributed by atoms with van der Waals surface area (Å²) < 4.78 is 5.46. The van der Waals surface area contributed by atoms with E-state index in [1.165, 1.54) is 0 Å². The molecule has 0 aliphatic heterocycles. The highest BCUT2D eigenvalue weighted by Gasteiger charge is 2.03. The third-order valence-corrected chi connectivity index (χ3v) is 2.48. The van der Waals surface area contributed by atoms with Gasteiger partial charge in [0.1, 0.15) is 5.75 Å². The van der Waals surface area contributed by atoms with E-state index in [4.69, 9.17) is 28.6 Å². The Labute approximate surface area is 106 Å². The first-order valence-electron chi connectivity index (χ1n) is 5.08. The first kappa shape index (κ1) is 13.1. The number of hydrogen-bond acceptors (Lipinski definition) is 2. The molecule has 1 rings (SSSR count). The fraction of sp³-hybridized carbons (Fsp3) is 0.364. The van der Waals surface area contributed by atoms with Crippen molar-refractivity contribution in [3.05, 3.63) is 23.2 Å². The zero-order valence-electron chi connectivity index (χ0n) is 9.34. The molecular weight excluding hydrogens is 244 g/mol. The van der Waals surface area contributed by atoms with Gasteiger partial charge in [-0.1, -0.05) is 18.5 Å². The van der Waals surface area contributed by atoms with Gasteiger partial charge in [0, 0.05) is 12.7 Å². The second-order valence-corrected chi connectivity index (χ2v) is 4.01. The minimum absolute atomic E-state index is 0.554. The summed E-state index contributed by atoms with van der Waals surface area (Å²) in [4.78, 5) is 0. The highest BCUT2D eigenvalue weighted by Crippen LogP contribution is 2.27. The highest BCUT2D eigenvalue weighted by atomic mass is 35.5. The fourth-order valence-corrected chi connectivity index (χ4v) is 1.45. The van der Waals surface area contributed by atoms with Crippen LogP contribution in [0.5, 0.6) is 5.75 Å². The maximum absolute atomic E-state index is 6.06. The van der Waals surface area contributed by atoms with E-state index < -0.39 is 0 Å². The summed E-state index contributed by atoms with van der Waals surface area (Å²) in [6, 6.07) is 5.50. The van der Waals surface area contributed by atoms with E-state index in [1.54, 1.807) is 13.1 Å². The normalized spacial score (nSPS) is 9.69. The molecule has 1 aromatic rings. The van der Waals surface area contributed by atoms with Gasteiger partial charge in [0.25, 0.3) is 0 Å². The van der Waals surface area contributed by atoms with E-state index in [0.717, 1.165) is 12.1 Å². The Balaban J connectivity index is 2.70. The monoisotopic (exact) mass is 258 g/mol. The third-order valence-electron chi connectivity index (χ3n) is 1.88. The molecule has 0 radical (unpaired) electrons. The molecule has 88 valence electrons. The van der Waals surface area contributed by atoms with Crippen LogP contribution in [0.1, 0.15) is 13.3 Å². The summed E-state index contributed by atoms with van der Waals surface area (Å²) in [6.45, 7) is 2.72. The fourth-order valence-electron chi connectivity index (χ4n) is 1.10. The lowest BCUT2D eigenvalue weighted by Crippen LogP contribution is -2.24. The van der Waals surface area contributed by atoms with Crippen molar-refractivity contribution in [2.45, 2.75) is 13.3 Å². The molecule has 0 amide bonds. The molecule has 0 saturated heterocycles. The maximum atomic E-state index is 6.06. The molecule has 0 spiro atoms. The molecule has 0 fully saturated rings. The number of rotatable bonds is 4. The van der Waals surface area contributed by atoms with Crippen molar-refractivity contribution < 1.29 is 4.74 Å². The van der Waals surface area contributed by atoms with Gasteiger partial charge in [-0.25, -0.2) is 0 Å². The molecule has 0 bridgehead atoms. The Bertz CT molecular complexity index is 371. The first-order chi connectivity index (χ1) is 7.67. The highest BCUT2D eigenvalue weighted by molar-refractivity contribution is 7.80. The number of halogens is 1. The first-order valence-corrected chi connectivity index (χ1v) is 5.87. The maximum Gasteiger partial charge on any atom is 0.170 e. The molecule has 0 unspecified atom stereocenters. The Morgan fingerprint density at radius 3 is 2.81 bits per heavy atom. The molecule has 2 N–H and O–H groups in total. The van der Waals surface area contributed by atoms with Crippen molar-refractivity contribution in [3.8, 4) is 5.75 Å². The van der Waals surface area contributed by atoms with Crippen LogP contribution < -0.4 is 15.4 Å². The molecule has 0 heterocycles. The summed E-state index contributed by atoms with van der Waals surface area (Å²) in [6.07, 6.45) is 0.959. The molecule has 0 aliphatic rings. The topological polar surface area (TPSA) is 33.3 Å². The Morgan fingerprint density at radius 1 is 1.50 bits per heavy atom. The van der Waals surface area contributed by atoms with Crippen molar-refractivity contribution in [1.82, 2.24) is 5.32 Å². The van der Waals surface area contributed by atoms with Crippen LogP contribution in [-0.2, 0) is 0 Å². The second kappa shape index (κ2) is 6.55. The Kier molecular flexibility index (Phi) is 5.35. The zero-order chi connectivity index (χ0) is 12.0. The summed E-state index contributed by atoms with van der Waals surface area (Å²) >= 11 is 11.0. The van der Waals surface area contributed by atoms with Gasteiger partial charge in [0.15, 0.2) is 5.11 Å². The summed E-state index contributed by atoms with van der Waals surface area (Å²) in [5.41, 5.74) is 0.841. The van der Waals surface area contributed by atoms with Gasteiger partial charge in [-0.2, -0.15) is 0 Å². The van der Waals surface area contributed by atoms with Crippen LogP contribution in [-0.4, -0.2) is 18.8 Å². The molecule has 3 nitrogen and oxygen atoms in total. The smallest absolute Gasteiger partial charge is 0.170 e. The van der Waals surface area contributed by atoms with E-state index in [0.29, 0.717) is 22.5 Å². The average molecular weight is 259 g/mol. The van der Waals surface area contributed by atoms with Crippen LogP contribution in [0.2, 0.25) is 5.02 Å². The second-order valence-electron chi connectivity index (χ2n) is 3.20. The molecular formula is C11H15ClN2OS. The van der Waals surface area contributed by atoms with Gasteiger partial charge < -0.3 is 15.4 Å². The molecule has 0 atom stereocenters. The summed E-state index contributed by atoms with van der Waals surface area (Å²) in [5, 5.41) is 6.96. The van der Waals surface area contributed by atoms with Crippen LogP contribution in [0.15, 0.2) is 18.2 Å². The quantitative estimate of drug-likeness (QED) is 0.814. The van der Waals surface area contributed by atoms with E-state index in [-0.39, 0.29) is 0 Å². The predicted molar refractivity (Wildman–Crippen MR) is 72.5 cm³/mol. The van der Waals surface area contributed by atoms with E-state index >= 15 is 0 Å². The van der Waals surface area contributed by atoms with Crippen molar-refractivity contribution in [3.63, 3.8) is 0 Å². The van der Waals surface area contributed by atoms with E-state index in [1.807, 2.05) is 12.1 Å². The van der Waals surface area contributed by atoms with Crippen LogP contribution >= 0.6 is 23.8 Å². The third kappa shape index (κ3) is 3.87. The van der Waals surface area contributed by atoms with Gasteiger partial charge in [-0.15, -0.1) is 0 Å². The number of nitrogens with one attached hydrogen (secondary N) is 2. The molecule has 0 aliphatic carbocycles. The number of anilines is 1. The van der Waals surface area contributed by atoms with Crippen molar-refractivity contribution in [1.29, 1.82) is 0 Å². The Morgan fingerprint density at radius 2 is 2.25 bits per heavy atom. The van der Waals surface area contributed by atoms with Crippen LogP contribution in [0.3, 0.4) is 0 Å². The van der Waals surface area contributed by atoms with Gasteiger partial charge in [-0.3, -0.25) is 0 Å². The molecule has 0 aromatic heterocycles. The van der Waals surface area contributed by atoms with E-state index in [2.05, 4.69) is 17.6 Å². The summed E-state index contributed by atoms with van der Waals surface area (Å²) in [7, 11) is 1.76. The molecule has 0 saturated carbocycles. The van der Waals surface area contributed by atoms with Crippen molar-refractivity contribution in [2.24, 2.45) is 0 Å². The zero-order valence-corrected chi connectivity index (χ0v) is 10.9. The lowest BCUT2D eigenvalue weighted by molar-refractivity contribution is 0.317. The molecule has 5 heteroatoms. The Hall–Kier alpha value is -1.00. The lowest BCUT2D eigenvalue weighted by Gasteiger charge is -2.10. The van der Waals surface area contributed by atoms with E-state index in [9.17, 15) is 0 Å². The van der Waals surface area contributed by atoms with Gasteiger partial charge in [0.05, 0.1) is 11.6 Å².